The summed E-state index contributed by atoms with van der Waals surface area (Å²) in [5.41, 5.74) is 4.01. The van der Waals surface area contributed by atoms with Crippen molar-refractivity contribution in [2.75, 3.05) is 10.6 Å². The number of fused-ring (bicyclic) bond motifs is 1. The highest BCUT2D eigenvalue weighted by molar-refractivity contribution is 7.22. The number of rotatable bonds is 6. The van der Waals surface area contributed by atoms with Crippen molar-refractivity contribution in [2.24, 2.45) is 7.05 Å². The van der Waals surface area contributed by atoms with Gasteiger partial charge in [-0.15, -0.1) is 11.3 Å². The molecule has 2 N–H and O–H groups in total. The van der Waals surface area contributed by atoms with Gasteiger partial charge in [-0.25, -0.2) is 14.4 Å². The van der Waals surface area contributed by atoms with Gasteiger partial charge >= 0.3 is 0 Å². The van der Waals surface area contributed by atoms with Gasteiger partial charge in [-0.1, -0.05) is 23.7 Å². The standard InChI is InChI=1S/C24H18ClFN6OS/c1-32-12-15(11-29-32)21-10-20-23(34-21)24(28-13-27-20)31-16-4-2-14(3-5-16)8-22(33)30-17-6-7-19(26)18(25)9-17/h2-7,9-13H,8H2,1H3,(H,30,33)(H,27,28,31). The zero-order chi connectivity index (χ0) is 23.7. The summed E-state index contributed by atoms with van der Waals surface area (Å²) in [5.74, 6) is -0.0363. The summed E-state index contributed by atoms with van der Waals surface area (Å²) in [6.45, 7) is 0. The number of carbonyl (C=O) groups is 1. The molecule has 0 aliphatic carbocycles. The molecule has 0 saturated heterocycles. The summed E-state index contributed by atoms with van der Waals surface area (Å²) in [5, 5.41) is 10.3. The molecular formula is C24H18ClFN6OS. The molecule has 0 spiro atoms. The van der Waals surface area contributed by atoms with Crippen LogP contribution in [0.1, 0.15) is 5.56 Å². The first kappa shape index (κ1) is 22.0. The third-order valence-electron chi connectivity index (χ3n) is 5.09. The Hall–Kier alpha value is -3.82. The number of hydrogen-bond donors (Lipinski definition) is 2. The van der Waals surface area contributed by atoms with Crippen molar-refractivity contribution in [3.63, 3.8) is 0 Å². The number of nitrogens with one attached hydrogen (secondary N) is 2. The lowest BCUT2D eigenvalue weighted by atomic mass is 10.1. The van der Waals surface area contributed by atoms with Gasteiger partial charge in [0.2, 0.25) is 5.91 Å². The van der Waals surface area contributed by atoms with Crippen molar-refractivity contribution in [1.29, 1.82) is 0 Å². The fraction of sp³-hybridized carbons (Fsp3) is 0.0833. The molecule has 2 aromatic carbocycles. The Morgan fingerprint density at radius 1 is 1.12 bits per heavy atom. The lowest BCUT2D eigenvalue weighted by Gasteiger charge is -2.08. The third kappa shape index (κ3) is 4.75. The maximum atomic E-state index is 13.3. The number of amides is 1. The van der Waals surface area contributed by atoms with Crippen LogP contribution in [0.5, 0.6) is 0 Å². The minimum atomic E-state index is -0.528. The zero-order valence-corrected chi connectivity index (χ0v) is 19.5. The van der Waals surface area contributed by atoms with Crippen molar-refractivity contribution in [3.8, 4) is 10.4 Å². The van der Waals surface area contributed by atoms with Gasteiger partial charge in [-0.3, -0.25) is 9.48 Å². The number of aromatic nitrogens is 4. The smallest absolute Gasteiger partial charge is 0.228 e. The van der Waals surface area contributed by atoms with E-state index >= 15 is 0 Å². The van der Waals surface area contributed by atoms with Crippen molar-refractivity contribution in [1.82, 2.24) is 19.7 Å². The Kier molecular flexibility index (Phi) is 5.95. The van der Waals surface area contributed by atoms with Crippen molar-refractivity contribution >= 4 is 56.3 Å². The molecule has 0 bridgehead atoms. The third-order valence-corrected chi connectivity index (χ3v) is 6.56. The van der Waals surface area contributed by atoms with Gasteiger partial charge in [-0.2, -0.15) is 5.10 Å². The summed E-state index contributed by atoms with van der Waals surface area (Å²) in [6, 6.07) is 13.6. The van der Waals surface area contributed by atoms with Gasteiger partial charge in [-0.05, 0) is 42.0 Å². The molecule has 0 aliphatic rings. The van der Waals surface area contributed by atoms with Crippen molar-refractivity contribution < 1.29 is 9.18 Å². The van der Waals surface area contributed by atoms with Crippen LogP contribution in [-0.2, 0) is 18.3 Å². The van der Waals surface area contributed by atoms with Crippen LogP contribution in [0.4, 0.5) is 21.6 Å². The first-order valence-corrected chi connectivity index (χ1v) is 11.5. The Labute approximate surface area is 203 Å². The van der Waals surface area contributed by atoms with Crippen molar-refractivity contribution in [3.05, 3.63) is 83.7 Å². The molecular weight excluding hydrogens is 475 g/mol. The van der Waals surface area contributed by atoms with E-state index in [-0.39, 0.29) is 17.4 Å². The Morgan fingerprint density at radius 2 is 1.91 bits per heavy atom. The first-order valence-electron chi connectivity index (χ1n) is 10.3. The second-order valence-corrected chi connectivity index (χ2v) is 9.09. The normalized spacial score (nSPS) is 11.0. The van der Waals surface area contributed by atoms with Gasteiger partial charge in [0.05, 0.1) is 27.9 Å². The number of halogens is 2. The lowest BCUT2D eigenvalue weighted by molar-refractivity contribution is -0.115. The maximum absolute atomic E-state index is 13.3. The molecule has 7 nitrogen and oxygen atoms in total. The lowest BCUT2D eigenvalue weighted by Crippen LogP contribution is -2.14. The first-order chi connectivity index (χ1) is 16.4. The Balaban J connectivity index is 1.28. The Morgan fingerprint density at radius 3 is 2.65 bits per heavy atom. The Bertz CT molecular complexity index is 1500. The molecule has 5 aromatic rings. The van der Waals surface area contributed by atoms with Crippen LogP contribution >= 0.6 is 22.9 Å². The maximum Gasteiger partial charge on any atom is 0.228 e. The van der Waals surface area contributed by atoms with Gasteiger partial charge in [0, 0.05) is 35.1 Å². The number of aryl methyl sites for hydroxylation is 1. The molecule has 0 saturated carbocycles. The molecule has 3 aromatic heterocycles. The summed E-state index contributed by atoms with van der Waals surface area (Å²) >= 11 is 7.36. The van der Waals surface area contributed by atoms with Crippen LogP contribution < -0.4 is 10.6 Å². The van der Waals surface area contributed by atoms with Crippen LogP contribution in [0.3, 0.4) is 0 Å². The largest absolute Gasteiger partial charge is 0.339 e. The van der Waals surface area contributed by atoms with Gasteiger partial charge in [0.15, 0.2) is 5.82 Å². The highest BCUT2D eigenvalue weighted by atomic mass is 35.5. The quantitative estimate of drug-likeness (QED) is 0.312. The number of thiophene rings is 1. The highest BCUT2D eigenvalue weighted by Crippen LogP contribution is 2.36. The van der Waals surface area contributed by atoms with E-state index in [9.17, 15) is 9.18 Å². The number of nitrogens with zero attached hydrogens (tertiary/aromatic N) is 4. The van der Waals surface area contributed by atoms with E-state index in [0.29, 0.717) is 11.5 Å². The van der Waals surface area contributed by atoms with Crippen LogP contribution in [0, 0.1) is 5.82 Å². The average Bonchev–Trinajstić information content (AvgIpc) is 3.44. The topological polar surface area (TPSA) is 84.7 Å². The van der Waals surface area contributed by atoms with E-state index in [0.717, 1.165) is 31.9 Å². The van der Waals surface area contributed by atoms with Crippen LogP contribution in [0.2, 0.25) is 5.02 Å². The van der Waals surface area contributed by atoms with Crippen LogP contribution in [-0.4, -0.2) is 25.7 Å². The summed E-state index contributed by atoms with van der Waals surface area (Å²) in [4.78, 5) is 22.2. The monoisotopic (exact) mass is 492 g/mol. The zero-order valence-electron chi connectivity index (χ0n) is 17.9. The fourth-order valence-corrected chi connectivity index (χ4v) is 4.65. The summed E-state index contributed by atoms with van der Waals surface area (Å²) in [7, 11) is 1.88. The van der Waals surface area contributed by atoms with Crippen molar-refractivity contribution in [2.45, 2.75) is 6.42 Å². The van der Waals surface area contributed by atoms with E-state index in [1.807, 2.05) is 49.8 Å². The second kappa shape index (κ2) is 9.20. The molecule has 0 radical (unpaired) electrons. The van der Waals surface area contributed by atoms with Crippen LogP contribution in [0.25, 0.3) is 20.7 Å². The molecule has 5 rings (SSSR count). The minimum absolute atomic E-state index is 0.0367. The van der Waals surface area contributed by atoms with E-state index in [2.05, 4.69) is 25.7 Å². The summed E-state index contributed by atoms with van der Waals surface area (Å²) in [6.07, 6.45) is 5.49. The SMILES string of the molecule is Cn1cc(-c2cc3ncnc(Nc4ccc(CC(=O)Nc5ccc(F)c(Cl)c5)cc4)c3s2)cn1. The van der Waals surface area contributed by atoms with Gasteiger partial charge < -0.3 is 10.6 Å². The van der Waals surface area contributed by atoms with Crippen LogP contribution in [0.15, 0.2) is 67.3 Å². The summed E-state index contributed by atoms with van der Waals surface area (Å²) < 4.78 is 16.0. The average molecular weight is 493 g/mol. The molecule has 0 unspecified atom stereocenters. The fourth-order valence-electron chi connectivity index (χ4n) is 3.44. The number of hydrogen-bond acceptors (Lipinski definition) is 6. The highest BCUT2D eigenvalue weighted by Gasteiger charge is 2.12. The van der Waals surface area contributed by atoms with Gasteiger partial charge in [0.1, 0.15) is 12.1 Å². The molecule has 0 aliphatic heterocycles. The van der Waals surface area contributed by atoms with E-state index in [4.69, 9.17) is 11.6 Å². The molecule has 170 valence electrons. The predicted molar refractivity (Wildman–Crippen MR) is 133 cm³/mol. The molecule has 0 fully saturated rings. The molecule has 0 atom stereocenters. The molecule has 10 heteroatoms. The van der Waals surface area contributed by atoms with E-state index < -0.39 is 5.82 Å². The number of benzene rings is 2. The number of carbonyl (C=O) groups excluding carboxylic acids is 1. The molecule has 1 amide bonds. The second-order valence-electron chi connectivity index (χ2n) is 7.63. The molecule has 3 heterocycles. The number of anilines is 3. The van der Waals surface area contributed by atoms with E-state index in [1.165, 1.54) is 24.5 Å². The predicted octanol–water partition coefficient (Wildman–Crippen LogP) is 5.81. The van der Waals surface area contributed by atoms with E-state index in [1.54, 1.807) is 16.0 Å². The minimum Gasteiger partial charge on any atom is -0.339 e. The van der Waals surface area contributed by atoms with Gasteiger partial charge in [0.25, 0.3) is 0 Å². The molecule has 34 heavy (non-hydrogen) atoms.